The van der Waals surface area contributed by atoms with Crippen LogP contribution in [0.15, 0.2) is 83.7 Å². The van der Waals surface area contributed by atoms with Gasteiger partial charge in [0.25, 0.3) is 5.56 Å². The van der Waals surface area contributed by atoms with Crippen LogP contribution in [0, 0.1) is 11.3 Å². The Morgan fingerprint density at radius 3 is 2.35 bits per heavy atom. The molecule has 0 spiro atoms. The number of rotatable bonds is 10. The summed E-state index contributed by atoms with van der Waals surface area (Å²) in [6, 6.07) is 28.0. The van der Waals surface area contributed by atoms with Gasteiger partial charge in [0.2, 0.25) is 0 Å². The summed E-state index contributed by atoms with van der Waals surface area (Å²) >= 11 is 0. The number of aromatic nitrogens is 1. The van der Waals surface area contributed by atoms with Crippen LogP contribution in [0.1, 0.15) is 24.1 Å². The topological polar surface area (TPSA) is 67.0 Å². The minimum absolute atomic E-state index is 0.153. The fourth-order valence-electron chi connectivity index (χ4n) is 4.32. The van der Waals surface area contributed by atoms with Crippen molar-refractivity contribution < 1.29 is 4.74 Å². The van der Waals surface area contributed by atoms with Crippen LogP contribution >= 0.6 is 0 Å². The number of hydrogen-bond donors (Lipinski definition) is 1. The number of aryl methyl sites for hydroxylation is 1. The molecule has 0 fully saturated rings. The van der Waals surface area contributed by atoms with E-state index in [2.05, 4.69) is 35.7 Å². The number of nitrogens with zero attached hydrogens (tertiary/aromatic N) is 2. The number of unbranched alkanes of at least 4 members (excludes halogenated alkanes) is 1. The molecule has 0 aliphatic heterocycles. The van der Waals surface area contributed by atoms with Gasteiger partial charge in [-0.1, -0.05) is 60.7 Å². The fraction of sp³-hybridized carbons (Fsp3) is 0.241. The van der Waals surface area contributed by atoms with Gasteiger partial charge in [0.15, 0.2) is 0 Å². The van der Waals surface area contributed by atoms with E-state index in [0.717, 1.165) is 42.3 Å². The summed E-state index contributed by atoms with van der Waals surface area (Å²) in [6.07, 6.45) is 3.23. The van der Waals surface area contributed by atoms with Gasteiger partial charge in [-0.05, 0) is 55.1 Å². The Kier molecular flexibility index (Phi) is 7.75. The standard InChI is InChI=1S/C29H29N3O2/c1-34-24-15-16-25-26(20-24)28(23-13-6-3-7-14-23)27(21-30)32(29(25)33)19-18-31-17-9-8-12-22-10-4-2-5-11-22/h2-7,10-11,13-16,20,31H,8-9,12,17-19H2,1H3. The number of pyridine rings is 1. The molecule has 1 aromatic heterocycles. The van der Waals surface area contributed by atoms with Crippen molar-refractivity contribution in [1.82, 2.24) is 9.88 Å². The summed E-state index contributed by atoms with van der Waals surface area (Å²) in [6.45, 7) is 1.93. The highest BCUT2D eigenvalue weighted by Crippen LogP contribution is 2.32. The number of hydrogen-bond acceptors (Lipinski definition) is 4. The van der Waals surface area contributed by atoms with Gasteiger partial charge >= 0.3 is 0 Å². The Morgan fingerprint density at radius 2 is 1.65 bits per heavy atom. The van der Waals surface area contributed by atoms with Crippen LogP contribution in [0.4, 0.5) is 0 Å². The van der Waals surface area contributed by atoms with Gasteiger partial charge in [-0.3, -0.25) is 9.36 Å². The first-order valence-corrected chi connectivity index (χ1v) is 11.7. The molecule has 5 nitrogen and oxygen atoms in total. The molecule has 5 heteroatoms. The number of ether oxygens (including phenoxy) is 1. The molecule has 0 aliphatic rings. The average Bonchev–Trinajstić information content (AvgIpc) is 2.89. The Labute approximate surface area is 200 Å². The molecule has 4 rings (SSSR count). The zero-order chi connectivity index (χ0) is 23.8. The molecule has 4 aromatic rings. The molecule has 3 aromatic carbocycles. The van der Waals surface area contributed by atoms with E-state index in [1.807, 2.05) is 42.5 Å². The largest absolute Gasteiger partial charge is 0.497 e. The molecule has 0 aliphatic carbocycles. The van der Waals surface area contributed by atoms with Crippen molar-refractivity contribution in [2.24, 2.45) is 0 Å². The second kappa shape index (κ2) is 11.3. The minimum atomic E-state index is -0.153. The predicted octanol–water partition coefficient (Wildman–Crippen LogP) is 5.16. The number of methoxy groups -OCH3 is 1. The highest BCUT2D eigenvalue weighted by atomic mass is 16.5. The van der Waals surface area contributed by atoms with Crippen molar-refractivity contribution in [3.8, 4) is 22.9 Å². The van der Waals surface area contributed by atoms with Crippen LogP contribution in [0.2, 0.25) is 0 Å². The van der Waals surface area contributed by atoms with Crippen molar-refractivity contribution in [3.05, 3.63) is 100 Å². The van der Waals surface area contributed by atoms with Crippen molar-refractivity contribution >= 4 is 10.8 Å². The average molecular weight is 452 g/mol. The first-order valence-electron chi connectivity index (χ1n) is 11.7. The van der Waals surface area contributed by atoms with Crippen LogP contribution in [0.25, 0.3) is 21.9 Å². The monoisotopic (exact) mass is 451 g/mol. The number of nitrogens with one attached hydrogen (secondary N) is 1. The van der Waals surface area contributed by atoms with E-state index >= 15 is 0 Å². The van der Waals surface area contributed by atoms with Crippen molar-refractivity contribution in [2.75, 3.05) is 20.2 Å². The van der Waals surface area contributed by atoms with E-state index in [9.17, 15) is 10.1 Å². The lowest BCUT2D eigenvalue weighted by Crippen LogP contribution is -2.30. The zero-order valence-corrected chi connectivity index (χ0v) is 19.5. The third-order valence-electron chi connectivity index (χ3n) is 6.07. The third-order valence-corrected chi connectivity index (χ3v) is 6.07. The Hall–Kier alpha value is -3.88. The zero-order valence-electron chi connectivity index (χ0n) is 19.5. The van der Waals surface area contributed by atoms with E-state index in [-0.39, 0.29) is 5.56 Å². The van der Waals surface area contributed by atoms with Crippen molar-refractivity contribution in [2.45, 2.75) is 25.8 Å². The number of nitriles is 1. The van der Waals surface area contributed by atoms with Gasteiger partial charge in [0, 0.05) is 29.4 Å². The summed E-state index contributed by atoms with van der Waals surface area (Å²) in [4.78, 5) is 13.4. The number of benzene rings is 3. The fourth-order valence-corrected chi connectivity index (χ4v) is 4.32. The summed E-state index contributed by atoms with van der Waals surface area (Å²) in [5.74, 6) is 0.655. The highest BCUT2D eigenvalue weighted by Gasteiger charge is 2.18. The van der Waals surface area contributed by atoms with Crippen LogP contribution in [-0.2, 0) is 13.0 Å². The van der Waals surface area contributed by atoms with E-state index in [0.29, 0.717) is 29.9 Å². The van der Waals surface area contributed by atoms with E-state index in [4.69, 9.17) is 4.74 Å². The lowest BCUT2D eigenvalue weighted by atomic mass is 9.97. The molecular weight excluding hydrogens is 422 g/mol. The molecule has 1 heterocycles. The molecule has 0 saturated heterocycles. The lowest BCUT2D eigenvalue weighted by molar-refractivity contribution is 0.415. The number of fused-ring (bicyclic) bond motifs is 1. The first kappa shape index (κ1) is 23.3. The van der Waals surface area contributed by atoms with Crippen LogP contribution in [-0.4, -0.2) is 24.8 Å². The van der Waals surface area contributed by atoms with Gasteiger partial charge in [-0.25, -0.2) is 0 Å². The van der Waals surface area contributed by atoms with E-state index < -0.39 is 0 Å². The van der Waals surface area contributed by atoms with Crippen LogP contribution in [0.3, 0.4) is 0 Å². The Balaban J connectivity index is 1.53. The molecule has 172 valence electrons. The molecule has 0 saturated carbocycles. The maximum Gasteiger partial charge on any atom is 0.259 e. The molecule has 0 radical (unpaired) electrons. The van der Waals surface area contributed by atoms with Gasteiger partial charge < -0.3 is 10.1 Å². The summed E-state index contributed by atoms with van der Waals surface area (Å²) in [5.41, 5.74) is 3.25. The minimum Gasteiger partial charge on any atom is -0.497 e. The normalized spacial score (nSPS) is 10.8. The van der Waals surface area contributed by atoms with Crippen molar-refractivity contribution in [1.29, 1.82) is 5.26 Å². The van der Waals surface area contributed by atoms with Gasteiger partial charge in [-0.2, -0.15) is 5.26 Å². The molecule has 0 atom stereocenters. The SMILES string of the molecule is COc1ccc2c(=O)n(CCNCCCCc3ccccc3)c(C#N)c(-c3ccccc3)c2c1. The lowest BCUT2D eigenvalue weighted by Gasteiger charge is -2.17. The van der Waals surface area contributed by atoms with E-state index in [1.165, 1.54) is 5.56 Å². The quantitative estimate of drug-likeness (QED) is 0.338. The van der Waals surface area contributed by atoms with E-state index in [1.54, 1.807) is 23.8 Å². The molecule has 34 heavy (non-hydrogen) atoms. The molecular formula is C29H29N3O2. The van der Waals surface area contributed by atoms with Gasteiger partial charge in [-0.15, -0.1) is 0 Å². The maximum absolute atomic E-state index is 13.4. The molecule has 1 N–H and O–H groups in total. The summed E-state index contributed by atoms with van der Waals surface area (Å²) in [7, 11) is 1.60. The van der Waals surface area contributed by atoms with Crippen molar-refractivity contribution in [3.63, 3.8) is 0 Å². The maximum atomic E-state index is 13.4. The molecule has 0 bridgehead atoms. The highest BCUT2D eigenvalue weighted by molar-refractivity contribution is 5.99. The second-order valence-electron chi connectivity index (χ2n) is 8.26. The summed E-state index contributed by atoms with van der Waals surface area (Å²) < 4.78 is 7.00. The van der Waals surface area contributed by atoms with Crippen LogP contribution < -0.4 is 15.6 Å². The third kappa shape index (κ3) is 5.19. The van der Waals surface area contributed by atoms with Gasteiger partial charge in [0.05, 0.1) is 7.11 Å². The predicted molar refractivity (Wildman–Crippen MR) is 137 cm³/mol. The molecule has 0 amide bonds. The smallest absolute Gasteiger partial charge is 0.259 e. The Bertz CT molecular complexity index is 1340. The second-order valence-corrected chi connectivity index (χ2v) is 8.26. The molecule has 0 unspecified atom stereocenters. The Morgan fingerprint density at radius 1 is 0.912 bits per heavy atom. The first-order chi connectivity index (χ1) is 16.7. The van der Waals surface area contributed by atoms with Crippen LogP contribution in [0.5, 0.6) is 5.75 Å². The van der Waals surface area contributed by atoms with Gasteiger partial charge in [0.1, 0.15) is 17.5 Å². The summed E-state index contributed by atoms with van der Waals surface area (Å²) in [5, 5.41) is 14.8.